The van der Waals surface area contributed by atoms with Gasteiger partial charge in [-0.05, 0) is 37.1 Å². The number of nitrogens with zero attached hydrogens (tertiary/aromatic N) is 1. The summed E-state index contributed by atoms with van der Waals surface area (Å²) < 4.78 is 11.9. The Labute approximate surface area is 159 Å². The Morgan fingerprint density at radius 3 is 2.70 bits per heavy atom. The van der Waals surface area contributed by atoms with Gasteiger partial charge in [-0.2, -0.15) is 0 Å². The van der Waals surface area contributed by atoms with Crippen LogP contribution in [0.1, 0.15) is 23.4 Å². The Balaban J connectivity index is 1.47. The number of carboxylic acid groups (broad SMARTS) is 1. The van der Waals surface area contributed by atoms with Crippen LogP contribution in [0.2, 0.25) is 0 Å². The Kier molecular flexibility index (Phi) is 4.67. The Morgan fingerprint density at radius 2 is 1.96 bits per heavy atom. The van der Waals surface area contributed by atoms with Crippen molar-refractivity contribution in [2.45, 2.75) is 12.8 Å². The van der Waals surface area contributed by atoms with Gasteiger partial charge >= 0.3 is 5.97 Å². The number of fused-ring (bicyclic) bond motifs is 1. The first-order valence-corrected chi connectivity index (χ1v) is 9.44. The summed E-state index contributed by atoms with van der Waals surface area (Å²) in [5.41, 5.74) is -0.112. The van der Waals surface area contributed by atoms with E-state index in [1.807, 2.05) is 24.3 Å². The molecule has 0 saturated carbocycles. The van der Waals surface area contributed by atoms with Crippen molar-refractivity contribution in [2.24, 2.45) is 5.41 Å². The summed E-state index contributed by atoms with van der Waals surface area (Å²) in [6.45, 7) is 0.803. The van der Waals surface area contributed by atoms with Crippen LogP contribution in [0.3, 0.4) is 0 Å². The first-order chi connectivity index (χ1) is 13.1. The lowest BCUT2D eigenvalue weighted by molar-refractivity contribution is -0.154. The van der Waals surface area contributed by atoms with Gasteiger partial charge in [-0.1, -0.05) is 12.1 Å². The third-order valence-corrected chi connectivity index (χ3v) is 5.88. The number of aliphatic carboxylic acids is 1. The predicted molar refractivity (Wildman–Crippen MR) is 99.8 cm³/mol. The lowest BCUT2D eigenvalue weighted by Gasteiger charge is -2.32. The molecule has 1 amide bonds. The van der Waals surface area contributed by atoms with E-state index >= 15 is 0 Å². The van der Waals surface area contributed by atoms with Gasteiger partial charge in [-0.3, -0.25) is 9.59 Å². The maximum absolute atomic E-state index is 12.4. The molecule has 4 rings (SSSR count). The number of nitrogens with one attached hydrogen (secondary N) is 1. The highest BCUT2D eigenvalue weighted by Gasteiger charge is 2.40. The molecule has 3 heterocycles. The summed E-state index contributed by atoms with van der Waals surface area (Å²) in [5, 5.41) is 12.9. The lowest BCUT2D eigenvalue weighted by Crippen LogP contribution is -2.46. The number of amides is 1. The van der Waals surface area contributed by atoms with Crippen molar-refractivity contribution in [3.05, 3.63) is 42.2 Å². The van der Waals surface area contributed by atoms with Crippen LogP contribution in [0.25, 0.3) is 21.0 Å². The molecule has 140 valence electrons. The third kappa shape index (κ3) is 3.45. The molecule has 2 N–H and O–H groups in total. The second kappa shape index (κ2) is 7.13. The van der Waals surface area contributed by atoms with Crippen LogP contribution in [0.5, 0.6) is 0 Å². The zero-order chi connectivity index (χ0) is 18.9. The molecule has 8 heteroatoms. The number of thiazole rings is 1. The Morgan fingerprint density at radius 1 is 1.19 bits per heavy atom. The average molecular weight is 386 g/mol. The number of benzene rings is 1. The molecule has 0 radical (unpaired) electrons. The molecule has 0 spiro atoms. The highest BCUT2D eigenvalue weighted by molar-refractivity contribution is 7.21. The molecular formula is C19H18N2O5S. The molecule has 0 atom stereocenters. The highest BCUT2D eigenvalue weighted by Crippen LogP contribution is 2.32. The minimum absolute atomic E-state index is 0.0434. The van der Waals surface area contributed by atoms with E-state index in [9.17, 15) is 14.7 Å². The van der Waals surface area contributed by atoms with E-state index in [4.69, 9.17) is 9.15 Å². The van der Waals surface area contributed by atoms with E-state index in [2.05, 4.69) is 10.3 Å². The molecule has 1 aliphatic rings. The number of carboxylic acids is 1. The third-order valence-electron chi connectivity index (χ3n) is 4.83. The summed E-state index contributed by atoms with van der Waals surface area (Å²) in [4.78, 5) is 28.6. The molecule has 1 aromatic carbocycles. The van der Waals surface area contributed by atoms with Gasteiger partial charge in [-0.15, -0.1) is 11.3 Å². The van der Waals surface area contributed by atoms with E-state index in [-0.39, 0.29) is 12.3 Å². The average Bonchev–Trinajstić information content (AvgIpc) is 3.33. The van der Waals surface area contributed by atoms with Crippen molar-refractivity contribution in [3.63, 3.8) is 0 Å². The van der Waals surface area contributed by atoms with Crippen LogP contribution in [0.15, 0.2) is 40.8 Å². The monoisotopic (exact) mass is 386 g/mol. The quantitative estimate of drug-likeness (QED) is 0.698. The van der Waals surface area contributed by atoms with E-state index < -0.39 is 17.3 Å². The van der Waals surface area contributed by atoms with E-state index in [0.717, 1.165) is 10.2 Å². The van der Waals surface area contributed by atoms with Gasteiger partial charge < -0.3 is 19.6 Å². The number of carbonyl (C=O) groups is 2. The van der Waals surface area contributed by atoms with Gasteiger partial charge in [0.1, 0.15) is 0 Å². The molecular weight excluding hydrogens is 368 g/mol. The van der Waals surface area contributed by atoms with Gasteiger partial charge in [0, 0.05) is 19.8 Å². The Bertz CT molecular complexity index is 954. The zero-order valence-corrected chi connectivity index (χ0v) is 15.3. The lowest BCUT2D eigenvalue weighted by atomic mass is 9.80. The van der Waals surface area contributed by atoms with Crippen molar-refractivity contribution >= 4 is 33.4 Å². The number of carbonyl (C=O) groups excluding carboxylic acids is 1. The van der Waals surface area contributed by atoms with Crippen LogP contribution in [-0.4, -0.2) is 41.7 Å². The summed E-state index contributed by atoms with van der Waals surface area (Å²) in [7, 11) is 0. The van der Waals surface area contributed by atoms with Crippen molar-refractivity contribution in [1.29, 1.82) is 0 Å². The van der Waals surface area contributed by atoms with Crippen molar-refractivity contribution < 1.29 is 23.8 Å². The van der Waals surface area contributed by atoms with E-state index in [1.54, 1.807) is 12.1 Å². The zero-order valence-electron chi connectivity index (χ0n) is 14.4. The number of aromatic nitrogens is 1. The van der Waals surface area contributed by atoms with E-state index in [1.165, 1.54) is 11.3 Å². The van der Waals surface area contributed by atoms with Crippen LogP contribution in [0.4, 0.5) is 0 Å². The Hall–Kier alpha value is -2.71. The van der Waals surface area contributed by atoms with Crippen LogP contribution in [-0.2, 0) is 9.53 Å². The van der Waals surface area contributed by atoms with Gasteiger partial charge in [-0.25, -0.2) is 4.98 Å². The topological polar surface area (TPSA) is 102 Å². The van der Waals surface area contributed by atoms with Crippen molar-refractivity contribution in [3.8, 4) is 10.8 Å². The van der Waals surface area contributed by atoms with Crippen LogP contribution in [0, 0.1) is 5.41 Å². The number of para-hydroxylation sites is 1. The van der Waals surface area contributed by atoms with Gasteiger partial charge in [0.2, 0.25) is 0 Å². The molecule has 1 aliphatic heterocycles. The first kappa shape index (κ1) is 17.7. The second-order valence-electron chi connectivity index (χ2n) is 6.53. The summed E-state index contributed by atoms with van der Waals surface area (Å²) in [5.74, 6) is -0.701. The largest absolute Gasteiger partial charge is 0.481 e. The molecule has 27 heavy (non-hydrogen) atoms. The maximum Gasteiger partial charge on any atom is 0.311 e. The number of rotatable bonds is 5. The first-order valence-electron chi connectivity index (χ1n) is 8.63. The molecule has 0 unspecified atom stereocenters. The molecule has 2 aromatic heterocycles. The summed E-state index contributed by atoms with van der Waals surface area (Å²) in [6.07, 6.45) is 0.745. The normalized spacial score (nSPS) is 16.3. The maximum atomic E-state index is 12.4. The fraction of sp³-hybridized carbons (Fsp3) is 0.316. The van der Waals surface area contributed by atoms with Crippen LogP contribution >= 0.6 is 11.3 Å². The second-order valence-corrected chi connectivity index (χ2v) is 7.56. The smallest absolute Gasteiger partial charge is 0.311 e. The van der Waals surface area contributed by atoms with Crippen molar-refractivity contribution in [2.75, 3.05) is 19.8 Å². The van der Waals surface area contributed by atoms with Crippen LogP contribution < -0.4 is 5.32 Å². The summed E-state index contributed by atoms with van der Waals surface area (Å²) >= 11 is 1.49. The summed E-state index contributed by atoms with van der Waals surface area (Å²) in [6, 6.07) is 11.0. The standard InChI is InChI=1S/C19H18N2O5S/c22-16(20-11-19(18(23)24)7-9-25-10-8-19)13-5-6-14(26-13)17-21-12-3-1-2-4-15(12)27-17/h1-6H,7-11H2,(H,20,22)(H,23,24). The SMILES string of the molecule is O=C(NCC1(C(=O)O)CCOCC1)c1ccc(-c2nc3ccccc3s2)o1. The molecule has 3 aromatic rings. The van der Waals surface area contributed by atoms with Gasteiger partial charge in [0.15, 0.2) is 16.5 Å². The fourth-order valence-corrected chi connectivity index (χ4v) is 4.04. The minimum Gasteiger partial charge on any atom is -0.481 e. The minimum atomic E-state index is -0.990. The number of hydrogen-bond donors (Lipinski definition) is 2. The molecule has 1 fully saturated rings. The predicted octanol–water partition coefficient (Wildman–Crippen LogP) is 3.17. The van der Waals surface area contributed by atoms with E-state index in [0.29, 0.717) is 36.8 Å². The van der Waals surface area contributed by atoms with Gasteiger partial charge in [0.05, 0.1) is 15.6 Å². The van der Waals surface area contributed by atoms with Crippen molar-refractivity contribution in [1.82, 2.24) is 10.3 Å². The highest BCUT2D eigenvalue weighted by atomic mass is 32.1. The number of ether oxygens (including phenoxy) is 1. The molecule has 7 nitrogen and oxygen atoms in total. The molecule has 0 bridgehead atoms. The molecule has 1 saturated heterocycles. The number of furan rings is 1. The fourth-order valence-electron chi connectivity index (χ4n) is 3.12. The van der Waals surface area contributed by atoms with Gasteiger partial charge in [0.25, 0.3) is 5.91 Å². The molecule has 0 aliphatic carbocycles. The number of hydrogen-bond acceptors (Lipinski definition) is 6.